The molecule has 192 valence electrons. The molecule has 4 fully saturated rings. The number of carboxylic acids is 1. The Morgan fingerprint density at radius 2 is 1.72 bits per heavy atom. The van der Waals surface area contributed by atoms with Crippen LogP contribution >= 0.6 is 0 Å². The SMILES string of the molecule is CC(C)C1=C[C@@]23CC[C@H]4[C@](C)(CCC[C@@]4(C)C(=O)O)[C@@H]2C[C@H]1[C@@H]1C(=O)N(c2ccc(O)cc2)C(=O)[C@H]13. The van der Waals surface area contributed by atoms with Crippen LogP contribution in [0.15, 0.2) is 35.9 Å². The van der Waals surface area contributed by atoms with Crippen LogP contribution in [0.2, 0.25) is 0 Å². The Bertz CT molecular complexity index is 1190. The number of allylic oxidation sites excluding steroid dienone is 2. The Labute approximate surface area is 212 Å². The minimum absolute atomic E-state index is 0.00836. The van der Waals surface area contributed by atoms with Crippen LogP contribution in [0.1, 0.15) is 66.2 Å². The molecular formula is C30H37NO5. The summed E-state index contributed by atoms with van der Waals surface area (Å²) in [4.78, 5) is 42.0. The number of benzene rings is 1. The molecule has 2 amide bonds. The summed E-state index contributed by atoms with van der Waals surface area (Å²) < 4.78 is 0. The topological polar surface area (TPSA) is 94.9 Å². The summed E-state index contributed by atoms with van der Waals surface area (Å²) in [5.74, 6) is -1.04. The number of phenolic OH excluding ortho intramolecular Hbond substituents is 1. The van der Waals surface area contributed by atoms with Crippen molar-refractivity contribution < 1.29 is 24.6 Å². The maximum absolute atomic E-state index is 14.2. The van der Waals surface area contributed by atoms with Gasteiger partial charge < -0.3 is 10.2 Å². The van der Waals surface area contributed by atoms with Crippen molar-refractivity contribution in [3.63, 3.8) is 0 Å². The fourth-order valence-corrected chi connectivity index (χ4v) is 9.81. The lowest BCUT2D eigenvalue weighted by Crippen LogP contribution is -2.65. The number of nitrogens with zero attached hydrogens (tertiary/aromatic N) is 1. The largest absolute Gasteiger partial charge is 0.508 e. The first kappa shape index (κ1) is 23.7. The molecular weight excluding hydrogens is 454 g/mol. The fourth-order valence-electron chi connectivity index (χ4n) is 9.81. The molecule has 1 aromatic carbocycles. The van der Waals surface area contributed by atoms with Crippen LogP contribution in [0.3, 0.4) is 0 Å². The Kier molecular flexibility index (Phi) is 4.92. The molecule has 6 aliphatic rings. The third kappa shape index (κ3) is 2.76. The molecule has 7 rings (SSSR count). The van der Waals surface area contributed by atoms with E-state index in [-0.39, 0.29) is 46.7 Å². The van der Waals surface area contributed by atoms with Crippen LogP contribution in [-0.2, 0) is 14.4 Å². The molecule has 1 saturated heterocycles. The predicted molar refractivity (Wildman–Crippen MR) is 135 cm³/mol. The van der Waals surface area contributed by atoms with Crippen molar-refractivity contribution in [3.05, 3.63) is 35.9 Å². The van der Waals surface area contributed by atoms with E-state index in [0.29, 0.717) is 18.0 Å². The van der Waals surface area contributed by atoms with Gasteiger partial charge in [-0.3, -0.25) is 19.3 Å². The molecule has 1 spiro atoms. The quantitative estimate of drug-likeness (QED) is 0.436. The van der Waals surface area contributed by atoms with Gasteiger partial charge in [-0.25, -0.2) is 0 Å². The molecule has 0 aromatic heterocycles. The molecule has 1 heterocycles. The van der Waals surface area contributed by atoms with Crippen molar-refractivity contribution in [1.82, 2.24) is 0 Å². The number of carboxylic acid groups (broad SMARTS) is 1. The predicted octanol–water partition coefficient (Wildman–Crippen LogP) is 5.41. The molecule has 2 bridgehead atoms. The first-order valence-corrected chi connectivity index (χ1v) is 13.6. The van der Waals surface area contributed by atoms with Gasteiger partial charge in [-0.15, -0.1) is 0 Å². The summed E-state index contributed by atoms with van der Waals surface area (Å²) >= 11 is 0. The van der Waals surface area contributed by atoms with Gasteiger partial charge in [0.1, 0.15) is 5.75 Å². The van der Waals surface area contributed by atoms with E-state index in [2.05, 4.69) is 26.8 Å². The highest BCUT2D eigenvalue weighted by atomic mass is 16.4. The molecule has 36 heavy (non-hydrogen) atoms. The molecule has 3 saturated carbocycles. The molecule has 0 radical (unpaired) electrons. The van der Waals surface area contributed by atoms with Gasteiger partial charge in [0.05, 0.1) is 22.9 Å². The smallest absolute Gasteiger partial charge is 0.309 e. The first-order chi connectivity index (χ1) is 17.0. The minimum atomic E-state index is -0.747. The monoisotopic (exact) mass is 491 g/mol. The second-order valence-corrected chi connectivity index (χ2v) is 13.0. The number of carbonyl (C=O) groups is 3. The first-order valence-electron chi connectivity index (χ1n) is 13.6. The van der Waals surface area contributed by atoms with Gasteiger partial charge in [-0.1, -0.05) is 38.8 Å². The Balaban J connectivity index is 1.49. The lowest BCUT2D eigenvalue weighted by atomic mass is 9.34. The van der Waals surface area contributed by atoms with Gasteiger partial charge in [-0.05, 0) is 92.4 Å². The number of aliphatic carboxylic acids is 1. The number of imide groups is 1. The van der Waals surface area contributed by atoms with E-state index < -0.39 is 22.7 Å². The van der Waals surface area contributed by atoms with Crippen LogP contribution in [0, 0.1) is 51.8 Å². The van der Waals surface area contributed by atoms with Crippen LogP contribution in [0.5, 0.6) is 5.75 Å². The summed E-state index contributed by atoms with van der Waals surface area (Å²) in [6.07, 6.45) is 7.35. The summed E-state index contributed by atoms with van der Waals surface area (Å²) in [6.45, 7) is 8.59. The number of hydrogen-bond acceptors (Lipinski definition) is 4. The number of anilines is 1. The summed E-state index contributed by atoms with van der Waals surface area (Å²) in [6, 6.07) is 6.33. The number of amides is 2. The highest BCUT2D eigenvalue weighted by Gasteiger charge is 2.73. The molecule has 1 aromatic rings. The van der Waals surface area contributed by atoms with E-state index in [4.69, 9.17) is 0 Å². The normalized spacial score (nSPS) is 43.2. The number of carbonyl (C=O) groups excluding carboxylic acids is 2. The number of phenols is 1. The minimum Gasteiger partial charge on any atom is -0.508 e. The van der Waals surface area contributed by atoms with E-state index >= 15 is 0 Å². The highest BCUT2D eigenvalue weighted by Crippen LogP contribution is 2.74. The lowest BCUT2D eigenvalue weighted by molar-refractivity contribution is -0.194. The summed E-state index contributed by atoms with van der Waals surface area (Å²) in [7, 11) is 0. The standard InChI is InChI=1S/C30H37NO5/c1-16(2)20-15-30-13-10-21-28(3,11-5-12-29(21,4)27(35)36)22(30)14-19(20)23-24(30)26(34)31(25(23)33)17-6-8-18(32)9-7-17/h6-9,15-16,19,21-24,32H,5,10-14H2,1-4H3,(H,35,36)/t19-,21+,22+,23+,24+,28+,29-,30+/m1/s1. The number of hydrogen-bond donors (Lipinski definition) is 2. The van der Waals surface area contributed by atoms with E-state index in [1.54, 1.807) is 12.1 Å². The summed E-state index contributed by atoms with van der Waals surface area (Å²) in [5, 5.41) is 20.0. The Morgan fingerprint density at radius 3 is 2.36 bits per heavy atom. The van der Waals surface area contributed by atoms with Gasteiger partial charge >= 0.3 is 5.97 Å². The van der Waals surface area contributed by atoms with Gasteiger partial charge in [0.15, 0.2) is 0 Å². The molecule has 0 unspecified atom stereocenters. The van der Waals surface area contributed by atoms with E-state index in [1.807, 2.05) is 6.92 Å². The second kappa shape index (κ2) is 7.45. The van der Waals surface area contributed by atoms with Crippen molar-refractivity contribution in [3.8, 4) is 5.75 Å². The Hall–Kier alpha value is -2.63. The third-order valence-corrected chi connectivity index (χ3v) is 11.3. The third-order valence-electron chi connectivity index (χ3n) is 11.3. The molecule has 2 N–H and O–H groups in total. The van der Waals surface area contributed by atoms with Gasteiger partial charge in [0.2, 0.25) is 11.8 Å². The Morgan fingerprint density at radius 1 is 1.03 bits per heavy atom. The molecule has 6 heteroatoms. The second-order valence-electron chi connectivity index (χ2n) is 13.0. The number of rotatable bonds is 3. The average Bonchev–Trinajstić information content (AvgIpc) is 3.11. The number of aromatic hydroxyl groups is 1. The van der Waals surface area contributed by atoms with Gasteiger partial charge in [0, 0.05) is 5.41 Å². The van der Waals surface area contributed by atoms with E-state index in [0.717, 1.165) is 32.1 Å². The zero-order valence-electron chi connectivity index (χ0n) is 21.7. The van der Waals surface area contributed by atoms with Gasteiger partial charge in [0.25, 0.3) is 0 Å². The van der Waals surface area contributed by atoms with Crippen LogP contribution in [0.25, 0.3) is 0 Å². The van der Waals surface area contributed by atoms with E-state index in [1.165, 1.54) is 22.6 Å². The zero-order chi connectivity index (χ0) is 25.8. The van der Waals surface area contributed by atoms with Crippen molar-refractivity contribution in [2.24, 2.45) is 51.8 Å². The lowest BCUT2D eigenvalue weighted by Gasteiger charge is -2.68. The van der Waals surface area contributed by atoms with Crippen molar-refractivity contribution >= 4 is 23.5 Å². The molecule has 1 aliphatic heterocycles. The van der Waals surface area contributed by atoms with Crippen molar-refractivity contribution in [1.29, 1.82) is 0 Å². The van der Waals surface area contributed by atoms with Gasteiger partial charge in [-0.2, -0.15) is 0 Å². The van der Waals surface area contributed by atoms with Crippen molar-refractivity contribution in [2.45, 2.75) is 66.2 Å². The maximum atomic E-state index is 14.2. The van der Waals surface area contributed by atoms with Crippen molar-refractivity contribution in [2.75, 3.05) is 4.90 Å². The highest BCUT2D eigenvalue weighted by molar-refractivity contribution is 6.23. The number of fused-ring (bicyclic) bond motifs is 1. The summed E-state index contributed by atoms with van der Waals surface area (Å²) in [5.41, 5.74) is 0.482. The fraction of sp³-hybridized carbons (Fsp3) is 0.633. The van der Waals surface area contributed by atoms with E-state index in [9.17, 15) is 24.6 Å². The molecule has 5 aliphatic carbocycles. The maximum Gasteiger partial charge on any atom is 0.309 e. The van der Waals surface area contributed by atoms with Crippen LogP contribution in [0.4, 0.5) is 5.69 Å². The molecule has 8 atom stereocenters. The van der Waals surface area contributed by atoms with Crippen LogP contribution in [-0.4, -0.2) is 28.0 Å². The average molecular weight is 492 g/mol. The van der Waals surface area contributed by atoms with Crippen LogP contribution < -0.4 is 4.90 Å². The molecule has 6 nitrogen and oxygen atoms in total. The zero-order valence-corrected chi connectivity index (χ0v) is 21.7.